The Labute approximate surface area is 70.8 Å². The highest BCUT2D eigenvalue weighted by molar-refractivity contribution is 7.99. The molecule has 4 heteroatoms. The van der Waals surface area contributed by atoms with Crippen molar-refractivity contribution in [3.8, 4) is 0 Å². The molecule has 11 heavy (non-hydrogen) atoms. The molecule has 1 heterocycles. The fraction of sp³-hybridized carbons (Fsp3) is 0.857. The second kappa shape index (κ2) is 3.97. The number of hydrogen-bond donors (Lipinski definition) is 1. The third-order valence-corrected chi connectivity index (χ3v) is 3.02. The summed E-state index contributed by atoms with van der Waals surface area (Å²) in [6.07, 6.45) is 0.281. The van der Waals surface area contributed by atoms with Crippen LogP contribution in [0.25, 0.3) is 0 Å². The summed E-state index contributed by atoms with van der Waals surface area (Å²) in [4.78, 5) is 12.5. The molecule has 0 saturated carbocycles. The summed E-state index contributed by atoms with van der Waals surface area (Å²) in [5.74, 6) is 1.40. The van der Waals surface area contributed by atoms with Crippen LogP contribution in [0.5, 0.6) is 0 Å². The van der Waals surface area contributed by atoms with E-state index >= 15 is 0 Å². The van der Waals surface area contributed by atoms with Crippen LogP contribution in [0.4, 0.5) is 0 Å². The lowest BCUT2D eigenvalue weighted by atomic mass is 10.2. The molecule has 3 nitrogen and oxygen atoms in total. The summed E-state index contributed by atoms with van der Waals surface area (Å²) in [6.45, 7) is 1.02. The summed E-state index contributed by atoms with van der Waals surface area (Å²) < 4.78 is 0. The Bertz CT molecular complexity index is 151. The van der Waals surface area contributed by atoms with E-state index in [0.29, 0.717) is 0 Å². The van der Waals surface area contributed by atoms with E-state index in [1.165, 1.54) is 0 Å². The lowest BCUT2D eigenvalue weighted by Crippen LogP contribution is -2.40. The summed E-state index contributed by atoms with van der Waals surface area (Å²) in [5, 5.41) is 8.55. The van der Waals surface area contributed by atoms with Crippen LogP contribution >= 0.6 is 11.8 Å². The van der Waals surface area contributed by atoms with Gasteiger partial charge in [0.15, 0.2) is 0 Å². The fourth-order valence-electron chi connectivity index (χ4n) is 1.15. The lowest BCUT2D eigenvalue weighted by Gasteiger charge is -2.30. The predicted octanol–water partition coefficient (Wildman–Crippen LogP) is 0.508. The van der Waals surface area contributed by atoms with Crippen LogP contribution in [0.15, 0.2) is 0 Å². The molecule has 0 aromatic heterocycles. The number of hydrogen-bond acceptors (Lipinski definition) is 3. The van der Waals surface area contributed by atoms with E-state index in [0.717, 1.165) is 18.1 Å². The summed E-state index contributed by atoms with van der Waals surface area (Å²) in [5.41, 5.74) is 0. The van der Waals surface area contributed by atoms with Gasteiger partial charge in [0.05, 0.1) is 6.42 Å². The van der Waals surface area contributed by atoms with E-state index in [4.69, 9.17) is 5.11 Å². The van der Waals surface area contributed by atoms with E-state index in [1.54, 1.807) is 0 Å². The van der Waals surface area contributed by atoms with Crippen LogP contribution in [0, 0.1) is 0 Å². The first kappa shape index (κ1) is 8.87. The molecule has 0 radical (unpaired) electrons. The molecule has 1 rings (SSSR count). The molecule has 64 valence electrons. The van der Waals surface area contributed by atoms with Gasteiger partial charge in [0, 0.05) is 24.1 Å². The van der Waals surface area contributed by atoms with Crippen molar-refractivity contribution < 1.29 is 9.90 Å². The number of aliphatic carboxylic acids is 1. The zero-order valence-electron chi connectivity index (χ0n) is 6.62. The van der Waals surface area contributed by atoms with Crippen molar-refractivity contribution in [3.05, 3.63) is 0 Å². The number of rotatable bonds is 2. The number of carboxylic acids is 1. The second-order valence-corrected chi connectivity index (χ2v) is 3.96. The Morgan fingerprint density at radius 1 is 1.82 bits per heavy atom. The van der Waals surface area contributed by atoms with Crippen molar-refractivity contribution in [3.63, 3.8) is 0 Å². The number of carbonyl (C=O) groups is 1. The molecule has 1 saturated heterocycles. The van der Waals surface area contributed by atoms with Crippen LogP contribution < -0.4 is 0 Å². The molecular formula is C7H13NO2S. The third kappa shape index (κ3) is 2.71. The topological polar surface area (TPSA) is 40.5 Å². The first-order valence-corrected chi connectivity index (χ1v) is 4.85. The first-order chi connectivity index (χ1) is 5.20. The summed E-state index contributed by atoms with van der Waals surface area (Å²) in [7, 11) is 1.99. The second-order valence-electron chi connectivity index (χ2n) is 2.81. The molecule has 0 aromatic carbocycles. The van der Waals surface area contributed by atoms with Crippen molar-refractivity contribution in [1.82, 2.24) is 4.90 Å². The van der Waals surface area contributed by atoms with Gasteiger partial charge in [-0.3, -0.25) is 4.79 Å². The zero-order valence-corrected chi connectivity index (χ0v) is 7.43. The fourth-order valence-corrected chi connectivity index (χ4v) is 2.38. The molecule has 1 aliphatic rings. The van der Waals surface area contributed by atoms with Crippen molar-refractivity contribution in [2.75, 3.05) is 25.1 Å². The highest BCUT2D eigenvalue weighted by Gasteiger charge is 2.21. The van der Waals surface area contributed by atoms with Gasteiger partial charge in [-0.1, -0.05) is 0 Å². The van der Waals surface area contributed by atoms with Gasteiger partial charge in [-0.15, -0.1) is 0 Å². The number of nitrogens with zero attached hydrogens (tertiary/aromatic N) is 1. The standard InChI is InChI=1S/C7H13NO2S/c1-8-2-3-11-5-6(8)4-7(9)10/h6H,2-5H2,1H3,(H,9,10). The average Bonchev–Trinajstić information content (AvgIpc) is 1.93. The first-order valence-electron chi connectivity index (χ1n) is 3.70. The Kier molecular flexibility index (Phi) is 3.20. The minimum atomic E-state index is -0.690. The van der Waals surface area contributed by atoms with Crippen molar-refractivity contribution in [2.24, 2.45) is 0 Å². The quantitative estimate of drug-likeness (QED) is 0.664. The van der Waals surface area contributed by atoms with E-state index in [-0.39, 0.29) is 12.5 Å². The molecule has 1 N–H and O–H groups in total. The van der Waals surface area contributed by atoms with E-state index in [9.17, 15) is 4.79 Å². The maximum Gasteiger partial charge on any atom is 0.304 e. The molecule has 1 unspecified atom stereocenters. The molecule has 1 fully saturated rings. The maximum absolute atomic E-state index is 10.4. The Hall–Kier alpha value is -0.220. The van der Waals surface area contributed by atoms with Gasteiger partial charge in [0.2, 0.25) is 0 Å². The molecule has 1 aliphatic heterocycles. The van der Waals surface area contributed by atoms with E-state index < -0.39 is 5.97 Å². The molecule has 0 aromatic rings. The highest BCUT2D eigenvalue weighted by Crippen LogP contribution is 2.16. The van der Waals surface area contributed by atoms with Crippen LogP contribution in [0.2, 0.25) is 0 Å². The minimum Gasteiger partial charge on any atom is -0.481 e. The Morgan fingerprint density at radius 2 is 2.55 bits per heavy atom. The number of thioether (sulfide) groups is 1. The molecular weight excluding hydrogens is 162 g/mol. The SMILES string of the molecule is CN1CCSCC1CC(=O)O. The molecule has 0 bridgehead atoms. The number of carboxylic acid groups (broad SMARTS) is 1. The molecule has 0 aliphatic carbocycles. The van der Waals surface area contributed by atoms with Crippen molar-refractivity contribution >= 4 is 17.7 Å². The van der Waals surface area contributed by atoms with Gasteiger partial charge in [-0.25, -0.2) is 0 Å². The third-order valence-electron chi connectivity index (χ3n) is 1.93. The van der Waals surface area contributed by atoms with Gasteiger partial charge in [0.25, 0.3) is 0 Å². The van der Waals surface area contributed by atoms with Crippen LogP contribution in [0.3, 0.4) is 0 Å². The maximum atomic E-state index is 10.4. The van der Waals surface area contributed by atoms with E-state index in [1.807, 2.05) is 18.8 Å². The van der Waals surface area contributed by atoms with Gasteiger partial charge < -0.3 is 10.0 Å². The minimum absolute atomic E-state index is 0.242. The van der Waals surface area contributed by atoms with Gasteiger partial charge in [-0.05, 0) is 7.05 Å². The van der Waals surface area contributed by atoms with Crippen LogP contribution in [-0.4, -0.2) is 47.1 Å². The van der Waals surface area contributed by atoms with E-state index in [2.05, 4.69) is 4.90 Å². The van der Waals surface area contributed by atoms with Gasteiger partial charge in [0.1, 0.15) is 0 Å². The van der Waals surface area contributed by atoms with Crippen molar-refractivity contribution in [1.29, 1.82) is 0 Å². The molecule has 0 spiro atoms. The molecule has 1 atom stereocenters. The Balaban J connectivity index is 2.35. The highest BCUT2D eigenvalue weighted by atomic mass is 32.2. The van der Waals surface area contributed by atoms with Gasteiger partial charge in [-0.2, -0.15) is 11.8 Å². The largest absolute Gasteiger partial charge is 0.481 e. The smallest absolute Gasteiger partial charge is 0.304 e. The van der Waals surface area contributed by atoms with Crippen molar-refractivity contribution in [2.45, 2.75) is 12.5 Å². The normalized spacial score (nSPS) is 26.8. The summed E-state index contributed by atoms with van der Waals surface area (Å²) in [6, 6.07) is 0.242. The van der Waals surface area contributed by atoms with Gasteiger partial charge >= 0.3 is 5.97 Å². The average molecular weight is 175 g/mol. The lowest BCUT2D eigenvalue weighted by molar-refractivity contribution is -0.138. The van der Waals surface area contributed by atoms with Crippen LogP contribution in [-0.2, 0) is 4.79 Å². The summed E-state index contributed by atoms with van der Waals surface area (Å²) >= 11 is 1.84. The molecule has 0 amide bonds. The zero-order chi connectivity index (χ0) is 8.27. The monoisotopic (exact) mass is 175 g/mol. The predicted molar refractivity (Wildman–Crippen MR) is 46.0 cm³/mol. The Morgan fingerprint density at radius 3 is 3.09 bits per heavy atom. The van der Waals surface area contributed by atoms with Crippen LogP contribution in [0.1, 0.15) is 6.42 Å².